The second kappa shape index (κ2) is 5.92. The lowest BCUT2D eigenvalue weighted by atomic mass is 10.1. The zero-order valence-corrected chi connectivity index (χ0v) is 10.4. The molecular weight excluding hydrogens is 224 g/mol. The summed E-state index contributed by atoms with van der Waals surface area (Å²) in [5, 5.41) is 8.80. The number of carboxylic acids is 1. The number of rotatable bonds is 5. The number of carboxylic acid groups (broad SMARTS) is 1. The zero-order chi connectivity index (χ0) is 11.4. The van der Waals surface area contributed by atoms with Gasteiger partial charge in [-0.3, -0.25) is 0 Å². The average Bonchev–Trinajstić information content (AvgIpc) is 2.87. The molecule has 0 spiro atoms. The van der Waals surface area contributed by atoms with E-state index in [0.29, 0.717) is 6.42 Å². The summed E-state index contributed by atoms with van der Waals surface area (Å²) in [4.78, 5) is 10.7. The predicted octanol–water partition coefficient (Wildman–Crippen LogP) is 2.54. The monoisotopic (exact) mass is 244 g/mol. The summed E-state index contributed by atoms with van der Waals surface area (Å²) < 4.78 is 5.47. The van der Waals surface area contributed by atoms with Crippen LogP contribution in [0.25, 0.3) is 0 Å². The Kier molecular flexibility index (Phi) is 4.53. The van der Waals surface area contributed by atoms with Crippen molar-refractivity contribution in [3.63, 3.8) is 0 Å². The smallest absolute Gasteiger partial charge is 0.332 e. The maximum atomic E-state index is 10.7. The molecule has 2 fully saturated rings. The first-order valence-electron chi connectivity index (χ1n) is 6.21. The Morgan fingerprint density at radius 1 is 1.19 bits per heavy atom. The summed E-state index contributed by atoms with van der Waals surface area (Å²) in [6, 6.07) is 0. The molecule has 92 valence electrons. The van der Waals surface area contributed by atoms with Gasteiger partial charge in [0.1, 0.15) is 0 Å². The largest absolute Gasteiger partial charge is 0.479 e. The van der Waals surface area contributed by atoms with Crippen LogP contribution in [0.4, 0.5) is 0 Å². The molecule has 16 heavy (non-hydrogen) atoms. The molecule has 4 heteroatoms. The molecule has 2 atom stereocenters. The van der Waals surface area contributed by atoms with Gasteiger partial charge in [0, 0.05) is 5.75 Å². The van der Waals surface area contributed by atoms with E-state index in [-0.39, 0.29) is 6.10 Å². The molecule has 0 amide bonds. The minimum Gasteiger partial charge on any atom is -0.479 e. The molecule has 2 aliphatic rings. The molecule has 0 aromatic heterocycles. The van der Waals surface area contributed by atoms with Crippen LogP contribution in [0.5, 0.6) is 0 Å². The Balaban J connectivity index is 1.58. The highest BCUT2D eigenvalue weighted by atomic mass is 32.2. The number of hydrogen-bond acceptors (Lipinski definition) is 3. The Morgan fingerprint density at radius 2 is 1.94 bits per heavy atom. The Hall–Kier alpha value is -0.220. The lowest BCUT2D eigenvalue weighted by Crippen LogP contribution is -2.21. The fraction of sp³-hybridized carbons (Fsp3) is 0.917. The second-order valence-corrected chi connectivity index (χ2v) is 5.93. The Labute approximate surface area is 101 Å². The van der Waals surface area contributed by atoms with Gasteiger partial charge in [-0.15, -0.1) is 0 Å². The van der Waals surface area contributed by atoms with Crippen LogP contribution in [0.2, 0.25) is 0 Å². The van der Waals surface area contributed by atoms with Gasteiger partial charge in [0.2, 0.25) is 0 Å². The van der Waals surface area contributed by atoms with Gasteiger partial charge in [-0.25, -0.2) is 4.79 Å². The summed E-state index contributed by atoms with van der Waals surface area (Å²) >= 11 is 1.94. The molecule has 3 nitrogen and oxygen atoms in total. The fourth-order valence-electron chi connectivity index (χ4n) is 2.55. The zero-order valence-electron chi connectivity index (χ0n) is 9.56. The molecule has 1 aliphatic heterocycles. The minimum absolute atomic E-state index is 0.174. The van der Waals surface area contributed by atoms with Crippen LogP contribution in [0.3, 0.4) is 0 Å². The van der Waals surface area contributed by atoms with E-state index in [0.717, 1.165) is 18.1 Å². The van der Waals surface area contributed by atoms with Gasteiger partial charge in [-0.1, -0.05) is 12.8 Å². The molecule has 0 bridgehead atoms. The number of ether oxygens (including phenoxy) is 1. The van der Waals surface area contributed by atoms with Crippen molar-refractivity contribution in [3.8, 4) is 0 Å². The molecule has 0 aromatic rings. The van der Waals surface area contributed by atoms with Crippen molar-refractivity contribution < 1.29 is 14.6 Å². The summed E-state index contributed by atoms with van der Waals surface area (Å²) in [7, 11) is 0. The van der Waals surface area contributed by atoms with Crippen LogP contribution in [0.15, 0.2) is 0 Å². The van der Waals surface area contributed by atoms with E-state index in [2.05, 4.69) is 0 Å². The van der Waals surface area contributed by atoms with Gasteiger partial charge in [-0.05, 0) is 37.4 Å². The standard InChI is InChI=1S/C12H20O3S/c13-12(14)11-6-5-10(15-11)8-16-7-9-3-1-2-4-9/h9-11H,1-8H2,(H,13,14). The SMILES string of the molecule is O=C(O)C1CCC(CSCC2CCCC2)O1. The fourth-order valence-corrected chi connectivity index (χ4v) is 3.86. The van der Waals surface area contributed by atoms with Crippen LogP contribution >= 0.6 is 11.8 Å². The van der Waals surface area contributed by atoms with Crippen LogP contribution in [0.1, 0.15) is 38.5 Å². The number of hydrogen-bond donors (Lipinski definition) is 1. The van der Waals surface area contributed by atoms with E-state index in [1.807, 2.05) is 11.8 Å². The normalized spacial score (nSPS) is 31.0. The highest BCUT2D eigenvalue weighted by Gasteiger charge is 2.30. The Bertz CT molecular complexity index is 238. The first-order valence-corrected chi connectivity index (χ1v) is 7.37. The van der Waals surface area contributed by atoms with Crippen molar-refractivity contribution in [1.29, 1.82) is 0 Å². The van der Waals surface area contributed by atoms with Gasteiger partial charge < -0.3 is 9.84 Å². The first-order chi connectivity index (χ1) is 7.75. The summed E-state index contributed by atoms with van der Waals surface area (Å²) in [6.07, 6.45) is 6.79. The Morgan fingerprint density at radius 3 is 2.56 bits per heavy atom. The number of aliphatic carboxylic acids is 1. The van der Waals surface area contributed by atoms with E-state index in [1.165, 1.54) is 31.4 Å². The van der Waals surface area contributed by atoms with Crippen molar-refractivity contribution >= 4 is 17.7 Å². The summed E-state index contributed by atoms with van der Waals surface area (Å²) in [5.41, 5.74) is 0. The summed E-state index contributed by atoms with van der Waals surface area (Å²) in [5.74, 6) is 2.31. The van der Waals surface area contributed by atoms with Gasteiger partial charge in [0.25, 0.3) is 0 Å². The molecular formula is C12H20O3S. The summed E-state index contributed by atoms with van der Waals surface area (Å²) in [6.45, 7) is 0. The lowest BCUT2D eigenvalue weighted by molar-refractivity contribution is -0.148. The quantitative estimate of drug-likeness (QED) is 0.807. The van der Waals surface area contributed by atoms with Crippen LogP contribution in [-0.2, 0) is 9.53 Å². The van der Waals surface area contributed by atoms with Gasteiger partial charge >= 0.3 is 5.97 Å². The van der Waals surface area contributed by atoms with E-state index in [1.54, 1.807) is 0 Å². The van der Waals surface area contributed by atoms with Crippen molar-refractivity contribution in [2.75, 3.05) is 11.5 Å². The highest BCUT2D eigenvalue weighted by molar-refractivity contribution is 7.99. The van der Waals surface area contributed by atoms with Gasteiger partial charge in [0.05, 0.1) is 6.10 Å². The topological polar surface area (TPSA) is 46.5 Å². The maximum Gasteiger partial charge on any atom is 0.332 e. The minimum atomic E-state index is -0.803. The van der Waals surface area contributed by atoms with E-state index < -0.39 is 12.1 Å². The molecule has 2 unspecified atom stereocenters. The lowest BCUT2D eigenvalue weighted by Gasteiger charge is -2.12. The molecule has 0 aromatic carbocycles. The van der Waals surface area contributed by atoms with Crippen molar-refractivity contribution in [2.45, 2.75) is 50.7 Å². The predicted molar refractivity (Wildman–Crippen MR) is 64.8 cm³/mol. The molecule has 1 N–H and O–H groups in total. The van der Waals surface area contributed by atoms with Gasteiger partial charge in [-0.2, -0.15) is 11.8 Å². The molecule has 1 heterocycles. The average molecular weight is 244 g/mol. The van der Waals surface area contributed by atoms with E-state index in [4.69, 9.17) is 9.84 Å². The second-order valence-electron chi connectivity index (χ2n) is 4.85. The molecule has 1 saturated heterocycles. The van der Waals surface area contributed by atoms with Crippen molar-refractivity contribution in [2.24, 2.45) is 5.92 Å². The number of thioether (sulfide) groups is 1. The molecule has 0 radical (unpaired) electrons. The van der Waals surface area contributed by atoms with Crippen LogP contribution in [0, 0.1) is 5.92 Å². The third-order valence-electron chi connectivity index (χ3n) is 3.52. The van der Waals surface area contributed by atoms with Crippen molar-refractivity contribution in [1.82, 2.24) is 0 Å². The van der Waals surface area contributed by atoms with Gasteiger partial charge in [0.15, 0.2) is 6.10 Å². The third-order valence-corrected chi connectivity index (χ3v) is 4.83. The molecule has 1 saturated carbocycles. The van der Waals surface area contributed by atoms with E-state index in [9.17, 15) is 4.79 Å². The van der Waals surface area contributed by atoms with E-state index >= 15 is 0 Å². The first kappa shape index (κ1) is 12.2. The number of carbonyl (C=O) groups is 1. The third kappa shape index (κ3) is 3.39. The highest BCUT2D eigenvalue weighted by Crippen LogP contribution is 2.29. The van der Waals surface area contributed by atoms with Crippen LogP contribution in [-0.4, -0.2) is 34.8 Å². The maximum absolute atomic E-state index is 10.7. The molecule has 1 aliphatic carbocycles. The molecule has 2 rings (SSSR count). The van der Waals surface area contributed by atoms with Crippen LogP contribution < -0.4 is 0 Å². The van der Waals surface area contributed by atoms with Crippen molar-refractivity contribution in [3.05, 3.63) is 0 Å².